The van der Waals surface area contributed by atoms with Gasteiger partial charge in [0.25, 0.3) is 0 Å². The summed E-state index contributed by atoms with van der Waals surface area (Å²) in [5, 5.41) is 0. The van der Waals surface area contributed by atoms with Crippen molar-refractivity contribution in [3.63, 3.8) is 0 Å². The zero-order valence-electron chi connectivity index (χ0n) is 44.4. The van der Waals surface area contributed by atoms with Crippen LogP contribution in [-0.2, 0) is 12.3 Å². The summed E-state index contributed by atoms with van der Waals surface area (Å²) in [6.07, 6.45) is 44.8. The third-order valence-electron chi connectivity index (χ3n) is 14.9. The summed E-state index contributed by atoms with van der Waals surface area (Å²) in [5.41, 5.74) is 0.601. The molecule has 0 radical (unpaired) electrons. The second-order valence-corrected chi connectivity index (χ2v) is 27.0. The van der Waals surface area contributed by atoms with Crippen molar-refractivity contribution >= 4 is 20.0 Å². The summed E-state index contributed by atoms with van der Waals surface area (Å²) < 4.78 is 31.4. The molecule has 0 fully saturated rings. The Morgan fingerprint density at radius 2 is 0.328 bits per heavy atom. The van der Waals surface area contributed by atoms with E-state index in [4.69, 9.17) is 12.3 Å². The maximum absolute atomic E-state index is 7.86. The van der Waals surface area contributed by atoms with Crippen LogP contribution < -0.4 is 0 Å². The summed E-state index contributed by atoms with van der Waals surface area (Å²) in [4.78, 5) is 0. The number of unbranched alkanes of at least 4 members (excludes halogenated alkanes) is 12. The van der Waals surface area contributed by atoms with Gasteiger partial charge >= 0.3 is 395 Å². The van der Waals surface area contributed by atoms with Gasteiger partial charge in [-0.15, -0.1) is 0 Å². The molecule has 0 saturated carbocycles. The van der Waals surface area contributed by atoms with Crippen LogP contribution in [0.25, 0.3) is 0 Å². The van der Waals surface area contributed by atoms with E-state index in [9.17, 15) is 0 Å². The predicted molar refractivity (Wildman–Crippen MR) is 274 cm³/mol. The van der Waals surface area contributed by atoms with Gasteiger partial charge in [-0.05, 0) is 0 Å². The van der Waals surface area contributed by atoms with Gasteiger partial charge in [-0.1, -0.05) is 0 Å². The first kappa shape index (κ1) is 61.6. The molecule has 0 amide bonds. The normalized spacial score (nSPS) is 13.2. The SMILES string of the molecule is CCCCC(CCCC)(CCCC)C[O][Sn]([O]CC(CCCC)(CCCC)CCCC)([O]CC(CCCC)(CCCC)CCCC)[O]CC(CCCC)(CCCC)CCCC. The topological polar surface area (TPSA) is 36.9 Å². The van der Waals surface area contributed by atoms with Gasteiger partial charge in [-0.25, -0.2) is 0 Å². The van der Waals surface area contributed by atoms with E-state index >= 15 is 0 Å². The fourth-order valence-corrected chi connectivity index (χ4v) is 17.1. The Kier molecular flexibility index (Phi) is 39.1. The molecular weight excluding hydrogens is 855 g/mol. The zero-order valence-corrected chi connectivity index (χ0v) is 47.3. The quantitative estimate of drug-likeness (QED) is 0.0570. The number of rotatable bonds is 48. The third-order valence-corrected chi connectivity index (χ3v) is 20.6. The molecule has 0 heterocycles. The molecule has 0 aromatic heterocycles. The van der Waals surface area contributed by atoms with E-state index in [0.29, 0.717) is 0 Å². The van der Waals surface area contributed by atoms with Crippen molar-refractivity contribution in [2.75, 3.05) is 26.4 Å². The van der Waals surface area contributed by atoms with Crippen molar-refractivity contribution in [2.24, 2.45) is 21.7 Å². The van der Waals surface area contributed by atoms with Crippen LogP contribution >= 0.6 is 0 Å². The average molecular weight is 972 g/mol. The minimum absolute atomic E-state index is 0.150. The summed E-state index contributed by atoms with van der Waals surface area (Å²) in [5.74, 6) is 0. The number of hydrogen-bond acceptors (Lipinski definition) is 4. The molecule has 0 aliphatic rings. The van der Waals surface area contributed by atoms with Crippen molar-refractivity contribution in [1.82, 2.24) is 0 Å². The van der Waals surface area contributed by atoms with Crippen molar-refractivity contribution in [3.8, 4) is 0 Å². The zero-order chi connectivity index (χ0) is 45.6. The van der Waals surface area contributed by atoms with E-state index < -0.39 is 20.0 Å². The first-order valence-corrected chi connectivity index (χ1v) is 32.8. The van der Waals surface area contributed by atoms with Crippen LogP contribution in [0, 0.1) is 21.7 Å². The van der Waals surface area contributed by atoms with E-state index in [2.05, 4.69) is 83.1 Å². The Labute approximate surface area is 392 Å². The first-order valence-electron chi connectivity index (χ1n) is 28.1. The minimum atomic E-state index is -4.83. The molecule has 0 saturated heterocycles. The van der Waals surface area contributed by atoms with Gasteiger partial charge in [-0.3, -0.25) is 0 Å². The van der Waals surface area contributed by atoms with Crippen molar-refractivity contribution in [3.05, 3.63) is 0 Å². The molecule has 0 unspecified atom stereocenters. The van der Waals surface area contributed by atoms with E-state index in [-0.39, 0.29) is 21.7 Å². The molecule has 5 heteroatoms. The Hall–Kier alpha value is 0.639. The van der Waals surface area contributed by atoms with Crippen molar-refractivity contribution < 1.29 is 12.3 Å². The Balaban J connectivity index is 8.06. The molecule has 0 spiro atoms. The van der Waals surface area contributed by atoms with Crippen LogP contribution in [0.3, 0.4) is 0 Å². The molecule has 4 nitrogen and oxygen atoms in total. The van der Waals surface area contributed by atoms with Gasteiger partial charge in [-0.2, -0.15) is 0 Å². The van der Waals surface area contributed by atoms with Crippen LogP contribution in [-0.4, -0.2) is 46.5 Å². The molecule has 0 aromatic carbocycles. The van der Waals surface area contributed by atoms with Crippen LogP contribution in [0.1, 0.15) is 314 Å². The Bertz CT molecular complexity index is 701. The summed E-state index contributed by atoms with van der Waals surface area (Å²) in [6.45, 7) is 31.4. The summed E-state index contributed by atoms with van der Waals surface area (Å²) in [6, 6.07) is 0. The van der Waals surface area contributed by atoms with Gasteiger partial charge in [0.2, 0.25) is 0 Å². The molecule has 0 bridgehead atoms. The van der Waals surface area contributed by atoms with E-state index in [1.54, 1.807) is 0 Å². The molecule has 0 aliphatic heterocycles. The van der Waals surface area contributed by atoms with Gasteiger partial charge in [0.1, 0.15) is 0 Å². The van der Waals surface area contributed by atoms with Crippen LogP contribution in [0.5, 0.6) is 0 Å². The van der Waals surface area contributed by atoms with Crippen molar-refractivity contribution in [1.29, 1.82) is 0 Å². The van der Waals surface area contributed by atoms with E-state index in [1.807, 2.05) is 0 Å². The van der Waals surface area contributed by atoms with Gasteiger partial charge in [0.15, 0.2) is 0 Å². The standard InChI is InChI=1S/4C14H29O.Sn/c4*1-4-7-10-14(13-15,11-8-5-2)12-9-6-3;/h4*4-13H2,1-3H3;/q4*-1;+4. The fraction of sp³-hybridized carbons (Fsp3) is 1.00. The van der Waals surface area contributed by atoms with Crippen LogP contribution in [0.4, 0.5) is 0 Å². The first-order chi connectivity index (χ1) is 29.6. The third kappa shape index (κ3) is 26.5. The van der Waals surface area contributed by atoms with Crippen molar-refractivity contribution in [2.45, 2.75) is 314 Å². The molecule has 0 rings (SSSR count). The summed E-state index contributed by atoms with van der Waals surface area (Å²) >= 11 is -4.83. The molecular formula is C56H116O4Sn. The average Bonchev–Trinajstić information content (AvgIpc) is 3.29. The Morgan fingerprint density at radius 1 is 0.213 bits per heavy atom. The van der Waals surface area contributed by atoms with E-state index in [0.717, 1.165) is 26.4 Å². The van der Waals surface area contributed by atoms with Gasteiger partial charge in [0.05, 0.1) is 0 Å². The molecule has 0 aliphatic carbocycles. The van der Waals surface area contributed by atoms with Gasteiger partial charge in [0, 0.05) is 0 Å². The monoisotopic (exact) mass is 973 g/mol. The van der Waals surface area contributed by atoms with Crippen LogP contribution in [0.2, 0.25) is 0 Å². The molecule has 0 aromatic rings. The number of hydrogen-bond donors (Lipinski definition) is 0. The van der Waals surface area contributed by atoms with Gasteiger partial charge < -0.3 is 0 Å². The maximum atomic E-state index is 7.86. The molecule has 368 valence electrons. The fourth-order valence-electron chi connectivity index (χ4n) is 10.2. The second-order valence-electron chi connectivity index (χ2n) is 20.9. The predicted octanol–water partition coefficient (Wildman–Crippen LogP) is 19.7. The molecule has 0 atom stereocenters. The second kappa shape index (κ2) is 38.7. The molecule has 0 N–H and O–H groups in total. The summed E-state index contributed by atoms with van der Waals surface area (Å²) in [7, 11) is 0. The Morgan fingerprint density at radius 3 is 0.426 bits per heavy atom. The van der Waals surface area contributed by atoms with Crippen LogP contribution in [0.15, 0.2) is 0 Å². The molecule has 61 heavy (non-hydrogen) atoms. The van der Waals surface area contributed by atoms with E-state index in [1.165, 1.54) is 231 Å².